The van der Waals surface area contributed by atoms with Gasteiger partial charge < -0.3 is 10.6 Å². The predicted octanol–water partition coefficient (Wildman–Crippen LogP) is 0.645. The molecule has 1 aliphatic carbocycles. The monoisotopic (exact) mass is 290 g/mol. The van der Waals surface area contributed by atoms with Crippen molar-refractivity contribution in [3.63, 3.8) is 0 Å². The van der Waals surface area contributed by atoms with Crippen LogP contribution in [0, 0.1) is 11.8 Å². The van der Waals surface area contributed by atoms with Crippen molar-refractivity contribution < 1.29 is 13.2 Å². The van der Waals surface area contributed by atoms with Gasteiger partial charge >= 0.3 is 0 Å². The molecule has 0 spiro atoms. The van der Waals surface area contributed by atoms with E-state index in [1.54, 1.807) is 7.05 Å². The summed E-state index contributed by atoms with van der Waals surface area (Å²) < 4.78 is 22.1. The van der Waals surface area contributed by atoms with Crippen molar-refractivity contribution in [2.75, 3.05) is 32.1 Å². The van der Waals surface area contributed by atoms with Crippen LogP contribution < -0.4 is 5.73 Å². The van der Waals surface area contributed by atoms with Crippen LogP contribution >= 0.6 is 0 Å². The number of amides is 1. The molecule has 1 rings (SSSR count). The van der Waals surface area contributed by atoms with E-state index in [0.29, 0.717) is 18.3 Å². The van der Waals surface area contributed by atoms with Crippen LogP contribution in [0.25, 0.3) is 0 Å². The SMILES string of the molecule is CN(CCS(C)(=O)=O)C(=O)CC1CCC(CN)CC1. The summed E-state index contributed by atoms with van der Waals surface area (Å²) >= 11 is 0. The number of nitrogens with two attached hydrogens (primary N) is 1. The van der Waals surface area contributed by atoms with Crippen LogP contribution in [-0.4, -0.2) is 51.4 Å². The average Bonchev–Trinajstić information content (AvgIpc) is 2.36. The van der Waals surface area contributed by atoms with E-state index in [1.165, 1.54) is 11.2 Å². The fourth-order valence-corrected chi connectivity index (χ4v) is 3.11. The summed E-state index contributed by atoms with van der Waals surface area (Å²) in [6.07, 6.45) is 6.08. The summed E-state index contributed by atoms with van der Waals surface area (Å²) in [5, 5.41) is 0. The Labute approximate surface area is 116 Å². The van der Waals surface area contributed by atoms with Crippen molar-refractivity contribution in [2.24, 2.45) is 17.6 Å². The van der Waals surface area contributed by atoms with Gasteiger partial charge in [0.1, 0.15) is 9.84 Å². The standard InChI is InChI=1S/C13H26N2O3S/c1-15(7-8-19(2,17)18)13(16)9-11-3-5-12(10-14)6-4-11/h11-12H,3-10,14H2,1-2H3. The lowest BCUT2D eigenvalue weighted by atomic mass is 9.80. The molecule has 1 aliphatic rings. The topological polar surface area (TPSA) is 80.5 Å². The molecule has 0 heterocycles. The molecule has 2 N–H and O–H groups in total. The zero-order valence-electron chi connectivity index (χ0n) is 12.0. The van der Waals surface area contributed by atoms with Gasteiger partial charge in [-0.3, -0.25) is 4.79 Å². The van der Waals surface area contributed by atoms with Crippen LogP contribution in [-0.2, 0) is 14.6 Å². The van der Waals surface area contributed by atoms with E-state index >= 15 is 0 Å². The van der Waals surface area contributed by atoms with Gasteiger partial charge in [0, 0.05) is 26.3 Å². The molecule has 0 aromatic rings. The Morgan fingerprint density at radius 3 is 2.21 bits per heavy atom. The quantitative estimate of drug-likeness (QED) is 0.778. The summed E-state index contributed by atoms with van der Waals surface area (Å²) in [5.74, 6) is 1.15. The first kappa shape index (κ1) is 16.4. The Hall–Kier alpha value is -0.620. The Bertz CT molecular complexity index is 387. The summed E-state index contributed by atoms with van der Waals surface area (Å²) in [6.45, 7) is 1.03. The van der Waals surface area contributed by atoms with Gasteiger partial charge in [0.05, 0.1) is 5.75 Å². The van der Waals surface area contributed by atoms with Crippen molar-refractivity contribution in [1.82, 2.24) is 4.90 Å². The smallest absolute Gasteiger partial charge is 0.222 e. The van der Waals surface area contributed by atoms with E-state index in [9.17, 15) is 13.2 Å². The van der Waals surface area contributed by atoms with Crippen molar-refractivity contribution >= 4 is 15.7 Å². The number of hydrogen-bond donors (Lipinski definition) is 1. The maximum absolute atomic E-state index is 12.0. The van der Waals surface area contributed by atoms with Gasteiger partial charge in [-0.2, -0.15) is 0 Å². The first-order valence-corrected chi connectivity index (χ1v) is 8.99. The Morgan fingerprint density at radius 2 is 1.74 bits per heavy atom. The lowest BCUT2D eigenvalue weighted by Gasteiger charge is -2.28. The Morgan fingerprint density at radius 1 is 1.21 bits per heavy atom. The van der Waals surface area contributed by atoms with Gasteiger partial charge in [-0.15, -0.1) is 0 Å². The Balaban J connectivity index is 2.30. The van der Waals surface area contributed by atoms with Crippen molar-refractivity contribution in [3.8, 4) is 0 Å². The second kappa shape index (κ2) is 7.24. The molecule has 0 atom stereocenters. The number of carbonyl (C=O) groups is 1. The minimum absolute atomic E-state index is 0.0369. The minimum atomic E-state index is -3.00. The molecule has 19 heavy (non-hydrogen) atoms. The molecule has 6 heteroatoms. The molecular weight excluding hydrogens is 264 g/mol. The van der Waals surface area contributed by atoms with Crippen LogP contribution in [0.5, 0.6) is 0 Å². The third kappa shape index (κ3) is 6.38. The lowest BCUT2D eigenvalue weighted by molar-refractivity contribution is -0.130. The van der Waals surface area contributed by atoms with Crippen LogP contribution in [0.15, 0.2) is 0 Å². The molecule has 1 fully saturated rings. The molecule has 5 nitrogen and oxygen atoms in total. The zero-order chi connectivity index (χ0) is 14.5. The maximum Gasteiger partial charge on any atom is 0.222 e. The van der Waals surface area contributed by atoms with Crippen LogP contribution in [0.1, 0.15) is 32.1 Å². The second-order valence-corrected chi connectivity index (χ2v) is 8.03. The molecule has 1 amide bonds. The summed E-state index contributed by atoms with van der Waals surface area (Å²) in [4.78, 5) is 13.5. The molecule has 0 aromatic heterocycles. The number of carbonyl (C=O) groups excluding carboxylic acids is 1. The third-order valence-electron chi connectivity index (χ3n) is 3.99. The summed E-state index contributed by atoms with van der Waals surface area (Å²) in [6, 6.07) is 0. The lowest BCUT2D eigenvalue weighted by Crippen LogP contribution is -2.33. The van der Waals surface area contributed by atoms with Crippen LogP contribution in [0.4, 0.5) is 0 Å². The predicted molar refractivity (Wildman–Crippen MR) is 76.5 cm³/mol. The largest absolute Gasteiger partial charge is 0.345 e. The van der Waals surface area contributed by atoms with E-state index in [0.717, 1.165) is 32.2 Å². The fraction of sp³-hybridized carbons (Fsp3) is 0.923. The third-order valence-corrected chi connectivity index (χ3v) is 4.91. The average molecular weight is 290 g/mol. The number of sulfone groups is 1. The highest BCUT2D eigenvalue weighted by molar-refractivity contribution is 7.90. The van der Waals surface area contributed by atoms with Crippen molar-refractivity contribution in [3.05, 3.63) is 0 Å². The zero-order valence-corrected chi connectivity index (χ0v) is 12.8. The Kier molecular flexibility index (Phi) is 6.26. The second-order valence-electron chi connectivity index (χ2n) is 5.77. The van der Waals surface area contributed by atoms with E-state index in [4.69, 9.17) is 5.73 Å². The van der Waals surface area contributed by atoms with E-state index in [1.807, 2.05) is 0 Å². The number of rotatable bonds is 6. The summed E-state index contributed by atoms with van der Waals surface area (Å²) in [5.41, 5.74) is 5.65. The highest BCUT2D eigenvalue weighted by Gasteiger charge is 2.23. The molecule has 0 radical (unpaired) electrons. The maximum atomic E-state index is 12.0. The molecule has 112 valence electrons. The van der Waals surface area contributed by atoms with Crippen molar-refractivity contribution in [2.45, 2.75) is 32.1 Å². The molecule has 0 bridgehead atoms. The highest BCUT2D eigenvalue weighted by atomic mass is 32.2. The highest BCUT2D eigenvalue weighted by Crippen LogP contribution is 2.30. The molecular formula is C13H26N2O3S. The van der Waals surface area contributed by atoms with E-state index in [-0.39, 0.29) is 18.2 Å². The van der Waals surface area contributed by atoms with E-state index < -0.39 is 9.84 Å². The number of hydrogen-bond acceptors (Lipinski definition) is 4. The molecule has 0 saturated heterocycles. The fourth-order valence-electron chi connectivity index (χ4n) is 2.50. The van der Waals surface area contributed by atoms with Crippen molar-refractivity contribution in [1.29, 1.82) is 0 Å². The first-order chi connectivity index (χ1) is 8.81. The van der Waals surface area contributed by atoms with Crippen LogP contribution in [0.2, 0.25) is 0 Å². The van der Waals surface area contributed by atoms with E-state index in [2.05, 4.69) is 0 Å². The molecule has 0 unspecified atom stereocenters. The van der Waals surface area contributed by atoms with Gasteiger partial charge in [-0.25, -0.2) is 8.42 Å². The minimum Gasteiger partial charge on any atom is -0.345 e. The van der Waals surface area contributed by atoms with Gasteiger partial charge in [0.15, 0.2) is 0 Å². The normalized spacial score (nSPS) is 24.2. The molecule has 1 saturated carbocycles. The van der Waals surface area contributed by atoms with Gasteiger partial charge in [-0.05, 0) is 44.1 Å². The van der Waals surface area contributed by atoms with Gasteiger partial charge in [-0.1, -0.05) is 0 Å². The molecule has 0 aliphatic heterocycles. The van der Waals surface area contributed by atoms with Gasteiger partial charge in [0.2, 0.25) is 5.91 Å². The van der Waals surface area contributed by atoms with Gasteiger partial charge in [0.25, 0.3) is 0 Å². The number of nitrogens with zero attached hydrogens (tertiary/aromatic N) is 1. The van der Waals surface area contributed by atoms with Crippen LogP contribution in [0.3, 0.4) is 0 Å². The molecule has 0 aromatic carbocycles. The summed E-state index contributed by atoms with van der Waals surface area (Å²) in [7, 11) is -1.32. The first-order valence-electron chi connectivity index (χ1n) is 6.93.